The molecule has 6 nitrogen and oxygen atoms in total. The fourth-order valence-corrected chi connectivity index (χ4v) is 4.82. The van der Waals surface area contributed by atoms with Crippen molar-refractivity contribution in [2.45, 2.75) is 43.8 Å². The largest absolute Gasteiger partial charge is 0.465 e. The number of carbonyl (C=O) groups excluding carboxylic acids is 2. The number of benzene rings is 3. The van der Waals surface area contributed by atoms with Crippen molar-refractivity contribution in [3.8, 4) is 11.1 Å². The number of fused-ring (bicyclic) bond motifs is 1. The smallest absolute Gasteiger partial charge is 0.337 e. The van der Waals surface area contributed by atoms with Crippen LogP contribution in [0.5, 0.6) is 0 Å². The van der Waals surface area contributed by atoms with Gasteiger partial charge in [0.2, 0.25) is 0 Å². The molecule has 0 saturated heterocycles. The number of rotatable bonds is 7. The van der Waals surface area contributed by atoms with E-state index in [2.05, 4.69) is 0 Å². The summed E-state index contributed by atoms with van der Waals surface area (Å²) in [5.41, 5.74) is 4.66. The summed E-state index contributed by atoms with van der Waals surface area (Å²) in [5, 5.41) is 0.708. The van der Waals surface area contributed by atoms with Crippen LogP contribution in [-0.4, -0.2) is 34.2 Å². The molecular weight excluding hydrogens is 460 g/mol. The third-order valence-electron chi connectivity index (χ3n) is 5.29. The second-order valence-electron chi connectivity index (χ2n) is 9.07. The SMILES string of the molecule is COC(=O)c1ccc(-c2ccccc2)c(CSc2nc3ccccc3n2CC(=O)OC(C)(C)C)c1. The van der Waals surface area contributed by atoms with Crippen molar-refractivity contribution < 1.29 is 19.1 Å². The number of methoxy groups -OCH3 is 1. The molecule has 0 radical (unpaired) electrons. The van der Waals surface area contributed by atoms with Gasteiger partial charge < -0.3 is 14.0 Å². The Balaban J connectivity index is 1.68. The lowest BCUT2D eigenvalue weighted by Gasteiger charge is -2.20. The highest BCUT2D eigenvalue weighted by molar-refractivity contribution is 7.98. The quantitative estimate of drug-likeness (QED) is 0.230. The number of esters is 2. The summed E-state index contributed by atoms with van der Waals surface area (Å²) >= 11 is 1.51. The molecule has 0 saturated carbocycles. The molecule has 0 bridgehead atoms. The molecule has 4 rings (SSSR count). The summed E-state index contributed by atoms with van der Waals surface area (Å²) in [6, 6.07) is 23.3. The minimum absolute atomic E-state index is 0.0634. The van der Waals surface area contributed by atoms with Gasteiger partial charge in [0, 0.05) is 5.75 Å². The Labute approximate surface area is 209 Å². The van der Waals surface area contributed by atoms with E-state index in [0.29, 0.717) is 16.5 Å². The number of imidazole rings is 1. The Morgan fingerprint density at radius 2 is 1.69 bits per heavy atom. The first-order chi connectivity index (χ1) is 16.7. The van der Waals surface area contributed by atoms with Crippen molar-refractivity contribution in [2.75, 3.05) is 7.11 Å². The Bertz CT molecular complexity index is 1360. The molecule has 3 aromatic carbocycles. The van der Waals surface area contributed by atoms with Crippen molar-refractivity contribution in [3.63, 3.8) is 0 Å². The van der Waals surface area contributed by atoms with E-state index < -0.39 is 5.60 Å². The number of hydrogen-bond acceptors (Lipinski definition) is 6. The molecule has 4 aromatic rings. The number of aromatic nitrogens is 2. The summed E-state index contributed by atoms with van der Waals surface area (Å²) in [4.78, 5) is 29.6. The summed E-state index contributed by atoms with van der Waals surface area (Å²) in [6.45, 7) is 5.62. The number of ether oxygens (including phenoxy) is 2. The molecule has 180 valence electrons. The standard InChI is InChI=1S/C28H28N2O4S/c1-28(2,3)34-25(31)17-30-24-13-9-8-12-23(24)29-27(30)35-18-21-16-20(26(32)33-4)14-15-22(21)19-10-6-5-7-11-19/h5-16H,17-18H2,1-4H3. The van der Waals surface area contributed by atoms with Gasteiger partial charge in [-0.15, -0.1) is 0 Å². The van der Waals surface area contributed by atoms with Gasteiger partial charge in [-0.25, -0.2) is 9.78 Å². The van der Waals surface area contributed by atoms with Gasteiger partial charge in [-0.3, -0.25) is 4.79 Å². The van der Waals surface area contributed by atoms with Crippen LogP contribution in [-0.2, 0) is 26.6 Å². The first kappa shape index (κ1) is 24.5. The molecule has 1 heterocycles. The fourth-order valence-electron chi connectivity index (χ4n) is 3.82. The highest BCUT2D eigenvalue weighted by Gasteiger charge is 2.20. The molecule has 0 amide bonds. The zero-order chi connectivity index (χ0) is 25.0. The summed E-state index contributed by atoms with van der Waals surface area (Å²) < 4.78 is 12.4. The van der Waals surface area contributed by atoms with Crippen LogP contribution in [0.3, 0.4) is 0 Å². The van der Waals surface area contributed by atoms with Crippen LogP contribution in [0.15, 0.2) is 78.0 Å². The Morgan fingerprint density at radius 3 is 2.40 bits per heavy atom. The minimum Gasteiger partial charge on any atom is -0.465 e. The minimum atomic E-state index is -0.570. The van der Waals surface area contributed by atoms with Gasteiger partial charge in [-0.2, -0.15) is 0 Å². The van der Waals surface area contributed by atoms with Gasteiger partial charge in [0.25, 0.3) is 0 Å². The van der Waals surface area contributed by atoms with E-state index in [1.54, 1.807) is 6.07 Å². The van der Waals surface area contributed by atoms with Gasteiger partial charge in [0.1, 0.15) is 12.1 Å². The summed E-state index contributed by atoms with van der Waals surface area (Å²) in [6.07, 6.45) is 0. The van der Waals surface area contributed by atoms with Crippen molar-refractivity contribution in [2.24, 2.45) is 0 Å². The number of nitrogens with zero attached hydrogens (tertiary/aromatic N) is 2. The molecule has 0 fully saturated rings. The lowest BCUT2D eigenvalue weighted by molar-refractivity contribution is -0.155. The van der Waals surface area contributed by atoms with Crippen LogP contribution < -0.4 is 0 Å². The van der Waals surface area contributed by atoms with E-state index in [4.69, 9.17) is 14.5 Å². The second kappa shape index (κ2) is 10.4. The van der Waals surface area contributed by atoms with Gasteiger partial charge in [0.05, 0.1) is 23.7 Å². The molecule has 0 N–H and O–H groups in total. The molecule has 0 aliphatic heterocycles. The average molecular weight is 489 g/mol. The topological polar surface area (TPSA) is 70.4 Å². The third kappa shape index (κ3) is 5.92. The van der Waals surface area contributed by atoms with Crippen molar-refractivity contribution in [1.82, 2.24) is 9.55 Å². The van der Waals surface area contributed by atoms with E-state index >= 15 is 0 Å². The maximum Gasteiger partial charge on any atom is 0.337 e. The molecule has 0 aliphatic rings. The number of thioether (sulfide) groups is 1. The molecule has 35 heavy (non-hydrogen) atoms. The fraction of sp³-hybridized carbons (Fsp3) is 0.250. The van der Waals surface area contributed by atoms with E-state index in [-0.39, 0.29) is 18.5 Å². The maximum absolute atomic E-state index is 12.7. The van der Waals surface area contributed by atoms with Crippen molar-refractivity contribution in [1.29, 1.82) is 0 Å². The monoisotopic (exact) mass is 488 g/mol. The number of para-hydroxylation sites is 2. The van der Waals surface area contributed by atoms with Gasteiger partial charge in [-0.1, -0.05) is 60.3 Å². The normalized spacial score (nSPS) is 11.4. The Morgan fingerprint density at radius 1 is 0.971 bits per heavy atom. The predicted molar refractivity (Wildman–Crippen MR) is 138 cm³/mol. The van der Waals surface area contributed by atoms with Crippen molar-refractivity contribution >= 4 is 34.7 Å². The second-order valence-corrected chi connectivity index (χ2v) is 10.0. The third-order valence-corrected chi connectivity index (χ3v) is 6.32. The van der Waals surface area contributed by atoms with Crippen LogP contribution >= 0.6 is 11.8 Å². The maximum atomic E-state index is 12.7. The van der Waals surface area contributed by atoms with Crippen LogP contribution in [0.1, 0.15) is 36.7 Å². The van der Waals surface area contributed by atoms with Gasteiger partial charge in [-0.05, 0) is 61.7 Å². The molecule has 7 heteroatoms. The number of hydrogen-bond donors (Lipinski definition) is 0. The molecular formula is C28H28N2O4S. The molecule has 0 aliphatic carbocycles. The average Bonchev–Trinajstić information content (AvgIpc) is 3.18. The van der Waals surface area contributed by atoms with Gasteiger partial charge >= 0.3 is 11.9 Å². The molecule has 0 spiro atoms. The van der Waals surface area contributed by atoms with Crippen molar-refractivity contribution in [3.05, 3.63) is 83.9 Å². The molecule has 1 aromatic heterocycles. The zero-order valence-electron chi connectivity index (χ0n) is 20.3. The first-order valence-electron chi connectivity index (χ1n) is 11.3. The highest BCUT2D eigenvalue weighted by Crippen LogP contribution is 2.32. The van der Waals surface area contributed by atoms with Crippen LogP contribution in [0.25, 0.3) is 22.2 Å². The number of carbonyl (C=O) groups is 2. The van der Waals surface area contributed by atoms with Gasteiger partial charge in [0.15, 0.2) is 5.16 Å². The highest BCUT2D eigenvalue weighted by atomic mass is 32.2. The van der Waals surface area contributed by atoms with E-state index in [0.717, 1.165) is 27.7 Å². The Kier molecular flexibility index (Phi) is 7.26. The van der Waals surface area contributed by atoms with Crippen LogP contribution in [0, 0.1) is 0 Å². The Hall–Kier alpha value is -3.58. The lowest BCUT2D eigenvalue weighted by atomic mass is 9.98. The lowest BCUT2D eigenvalue weighted by Crippen LogP contribution is -2.26. The van der Waals surface area contributed by atoms with E-state index in [1.807, 2.05) is 92.1 Å². The first-order valence-corrected chi connectivity index (χ1v) is 12.3. The molecule has 0 atom stereocenters. The molecule has 0 unspecified atom stereocenters. The predicted octanol–water partition coefficient (Wildman–Crippen LogP) is 6.12. The zero-order valence-corrected chi connectivity index (χ0v) is 21.1. The van der Waals surface area contributed by atoms with E-state index in [9.17, 15) is 9.59 Å². The summed E-state index contributed by atoms with van der Waals surface area (Å²) in [5.74, 6) is -0.152. The van der Waals surface area contributed by atoms with Crippen LogP contribution in [0.4, 0.5) is 0 Å². The van der Waals surface area contributed by atoms with E-state index in [1.165, 1.54) is 18.9 Å². The summed E-state index contributed by atoms with van der Waals surface area (Å²) in [7, 11) is 1.38. The van der Waals surface area contributed by atoms with Crippen LogP contribution in [0.2, 0.25) is 0 Å².